The van der Waals surface area contributed by atoms with E-state index in [1.54, 1.807) is 11.6 Å². The van der Waals surface area contributed by atoms with E-state index in [1.807, 2.05) is 30.3 Å². The van der Waals surface area contributed by atoms with E-state index in [4.69, 9.17) is 4.74 Å². The summed E-state index contributed by atoms with van der Waals surface area (Å²) in [6, 6.07) is 9.69. The number of aromatic nitrogens is 3. The highest BCUT2D eigenvalue weighted by Crippen LogP contribution is 2.46. The fourth-order valence-electron chi connectivity index (χ4n) is 3.10. The van der Waals surface area contributed by atoms with Gasteiger partial charge in [0.05, 0.1) is 18.6 Å². The number of hydrogen-bond acceptors (Lipinski definition) is 5. The van der Waals surface area contributed by atoms with Gasteiger partial charge >= 0.3 is 5.97 Å². The van der Waals surface area contributed by atoms with Crippen molar-refractivity contribution in [1.82, 2.24) is 14.8 Å². The van der Waals surface area contributed by atoms with Crippen LogP contribution >= 0.6 is 11.8 Å². The van der Waals surface area contributed by atoms with E-state index < -0.39 is 6.17 Å². The van der Waals surface area contributed by atoms with Crippen molar-refractivity contribution < 1.29 is 13.9 Å². The SMILES string of the molecule is CCOC(=O)[C@@H]1CC1Sc1nc2n(n1)[C@H](c1ccccc1)C[C@@H]2F. The monoisotopic (exact) mass is 347 g/mol. The van der Waals surface area contributed by atoms with Gasteiger partial charge in [0.25, 0.3) is 0 Å². The predicted octanol–water partition coefficient (Wildman–Crippen LogP) is 3.33. The third-order valence-corrected chi connectivity index (χ3v) is 5.61. The molecule has 1 aliphatic heterocycles. The van der Waals surface area contributed by atoms with Gasteiger partial charge in [-0.15, -0.1) is 5.10 Å². The summed E-state index contributed by atoms with van der Waals surface area (Å²) < 4.78 is 21.0. The maximum atomic E-state index is 14.3. The Kier molecular flexibility index (Phi) is 4.04. The van der Waals surface area contributed by atoms with E-state index in [2.05, 4.69) is 10.1 Å². The third kappa shape index (κ3) is 2.81. The van der Waals surface area contributed by atoms with Crippen molar-refractivity contribution in [3.8, 4) is 0 Å². The lowest BCUT2D eigenvalue weighted by molar-refractivity contribution is -0.144. The van der Waals surface area contributed by atoms with Crippen molar-refractivity contribution >= 4 is 17.7 Å². The molecule has 126 valence electrons. The minimum atomic E-state index is -1.10. The Hall–Kier alpha value is -1.89. The molecule has 0 N–H and O–H groups in total. The van der Waals surface area contributed by atoms with Gasteiger partial charge in [-0.1, -0.05) is 42.1 Å². The average Bonchev–Trinajstić information content (AvgIpc) is 3.12. The Morgan fingerprint density at radius 2 is 2.17 bits per heavy atom. The summed E-state index contributed by atoms with van der Waals surface area (Å²) in [5.74, 6) is 0.145. The number of benzene rings is 1. The van der Waals surface area contributed by atoms with Gasteiger partial charge in [-0.25, -0.2) is 14.1 Å². The van der Waals surface area contributed by atoms with Gasteiger partial charge in [-0.3, -0.25) is 4.79 Å². The quantitative estimate of drug-likeness (QED) is 0.777. The summed E-state index contributed by atoms with van der Waals surface area (Å²) in [6.45, 7) is 2.20. The molecule has 4 rings (SSSR count). The second kappa shape index (κ2) is 6.20. The van der Waals surface area contributed by atoms with Crippen molar-refractivity contribution in [2.75, 3.05) is 6.61 Å². The lowest BCUT2D eigenvalue weighted by Gasteiger charge is -2.11. The zero-order chi connectivity index (χ0) is 16.7. The van der Waals surface area contributed by atoms with Gasteiger partial charge in [0.2, 0.25) is 5.16 Å². The topological polar surface area (TPSA) is 57.0 Å². The number of hydrogen-bond donors (Lipinski definition) is 0. The highest BCUT2D eigenvalue weighted by atomic mass is 32.2. The molecular weight excluding hydrogens is 329 g/mol. The summed E-state index contributed by atoms with van der Waals surface area (Å²) in [5.41, 5.74) is 1.04. The highest BCUT2D eigenvalue weighted by molar-refractivity contribution is 8.00. The van der Waals surface area contributed by atoms with Crippen LogP contribution in [0.15, 0.2) is 35.5 Å². The molecule has 0 radical (unpaired) electrons. The number of ether oxygens (including phenoxy) is 1. The standard InChI is InChI=1S/C17H18FN3O2S/c1-2-23-16(22)11-8-14(11)24-17-19-15-12(18)9-13(21(15)20-17)10-6-4-3-5-7-10/h3-7,11-14H,2,8-9H2,1H3/t11-,12+,13+,14?/m1/s1. The molecule has 1 aromatic heterocycles. The first-order valence-corrected chi connectivity index (χ1v) is 9.04. The Labute approximate surface area is 143 Å². The fraction of sp³-hybridized carbons (Fsp3) is 0.471. The number of alkyl halides is 1. The Morgan fingerprint density at radius 1 is 1.38 bits per heavy atom. The second-order valence-electron chi connectivity index (χ2n) is 6.08. The molecule has 0 saturated heterocycles. The van der Waals surface area contributed by atoms with Gasteiger partial charge in [0.15, 0.2) is 12.0 Å². The Bertz CT molecular complexity index is 752. The Morgan fingerprint density at radius 3 is 2.92 bits per heavy atom. The number of halogens is 1. The highest BCUT2D eigenvalue weighted by Gasteiger charge is 2.46. The van der Waals surface area contributed by atoms with E-state index in [1.165, 1.54) is 11.8 Å². The number of carbonyl (C=O) groups excluding carboxylic acids is 1. The van der Waals surface area contributed by atoms with Crippen molar-refractivity contribution in [1.29, 1.82) is 0 Å². The van der Waals surface area contributed by atoms with Crippen LogP contribution in [0, 0.1) is 5.92 Å². The molecule has 1 unspecified atom stereocenters. The van der Waals surface area contributed by atoms with E-state index in [-0.39, 0.29) is 23.2 Å². The molecule has 2 aliphatic rings. The van der Waals surface area contributed by atoms with Crippen LogP contribution in [0.5, 0.6) is 0 Å². The summed E-state index contributed by atoms with van der Waals surface area (Å²) in [6.07, 6.45) is 0.0466. The number of rotatable bonds is 5. The third-order valence-electron chi connectivity index (χ3n) is 4.41. The number of fused-ring (bicyclic) bond motifs is 1. The number of thioether (sulfide) groups is 1. The molecule has 7 heteroatoms. The number of nitrogens with zero attached hydrogens (tertiary/aromatic N) is 3. The first kappa shape index (κ1) is 15.6. The van der Waals surface area contributed by atoms with E-state index in [0.29, 0.717) is 24.0 Å². The van der Waals surface area contributed by atoms with Crippen LogP contribution in [0.4, 0.5) is 4.39 Å². The molecule has 1 saturated carbocycles. The molecular formula is C17H18FN3O2S. The van der Waals surface area contributed by atoms with Crippen LogP contribution in [-0.4, -0.2) is 32.6 Å². The first-order chi connectivity index (χ1) is 11.7. The predicted molar refractivity (Wildman–Crippen MR) is 87.5 cm³/mol. The van der Waals surface area contributed by atoms with Crippen LogP contribution < -0.4 is 0 Å². The molecule has 0 bridgehead atoms. The largest absolute Gasteiger partial charge is 0.466 e. The van der Waals surface area contributed by atoms with Gasteiger partial charge in [-0.05, 0) is 18.9 Å². The minimum Gasteiger partial charge on any atom is -0.466 e. The Balaban J connectivity index is 1.49. The van der Waals surface area contributed by atoms with Crippen molar-refractivity contribution in [3.63, 3.8) is 0 Å². The maximum Gasteiger partial charge on any atom is 0.310 e. The second-order valence-corrected chi connectivity index (χ2v) is 7.28. The molecule has 1 aromatic carbocycles. The van der Waals surface area contributed by atoms with Crippen molar-refractivity contribution in [3.05, 3.63) is 41.7 Å². The van der Waals surface area contributed by atoms with Gasteiger partial charge in [0, 0.05) is 11.7 Å². The molecule has 1 fully saturated rings. The molecule has 0 spiro atoms. The van der Waals surface area contributed by atoms with Crippen LogP contribution in [0.2, 0.25) is 0 Å². The zero-order valence-electron chi connectivity index (χ0n) is 13.3. The van der Waals surface area contributed by atoms with Crippen LogP contribution in [0.25, 0.3) is 0 Å². The van der Waals surface area contributed by atoms with Gasteiger partial charge in [0.1, 0.15) is 0 Å². The molecule has 4 atom stereocenters. The van der Waals surface area contributed by atoms with Crippen LogP contribution in [0.1, 0.15) is 43.4 Å². The minimum absolute atomic E-state index is 0.0839. The van der Waals surface area contributed by atoms with Crippen molar-refractivity contribution in [2.24, 2.45) is 5.92 Å². The molecule has 24 heavy (non-hydrogen) atoms. The number of esters is 1. The average molecular weight is 347 g/mol. The van der Waals surface area contributed by atoms with E-state index in [9.17, 15) is 9.18 Å². The van der Waals surface area contributed by atoms with Crippen LogP contribution in [0.3, 0.4) is 0 Å². The van der Waals surface area contributed by atoms with Gasteiger partial charge < -0.3 is 4.74 Å². The van der Waals surface area contributed by atoms with Gasteiger partial charge in [-0.2, -0.15) is 0 Å². The normalized spacial score (nSPS) is 27.8. The van der Waals surface area contributed by atoms with E-state index >= 15 is 0 Å². The molecule has 5 nitrogen and oxygen atoms in total. The lowest BCUT2D eigenvalue weighted by Crippen LogP contribution is -2.08. The van der Waals surface area contributed by atoms with E-state index in [0.717, 1.165) is 12.0 Å². The van der Waals surface area contributed by atoms with Crippen molar-refractivity contribution in [2.45, 2.75) is 42.4 Å². The first-order valence-electron chi connectivity index (χ1n) is 8.16. The maximum absolute atomic E-state index is 14.3. The number of carbonyl (C=O) groups is 1. The van der Waals surface area contributed by atoms with Crippen LogP contribution in [-0.2, 0) is 9.53 Å². The molecule has 2 aromatic rings. The zero-order valence-corrected chi connectivity index (χ0v) is 14.1. The molecule has 1 aliphatic carbocycles. The summed E-state index contributed by atoms with van der Waals surface area (Å²) >= 11 is 1.44. The lowest BCUT2D eigenvalue weighted by atomic mass is 10.0. The summed E-state index contributed by atoms with van der Waals surface area (Å²) in [5, 5.41) is 5.18. The molecule has 0 amide bonds. The summed E-state index contributed by atoms with van der Waals surface area (Å²) in [7, 11) is 0. The fourth-order valence-corrected chi connectivity index (χ4v) is 4.23. The smallest absolute Gasteiger partial charge is 0.310 e. The summed E-state index contributed by atoms with van der Waals surface area (Å²) in [4.78, 5) is 16.0. The molecule has 2 heterocycles.